The molecule has 0 aliphatic carbocycles. The predicted molar refractivity (Wildman–Crippen MR) is 74.4 cm³/mol. The summed E-state index contributed by atoms with van der Waals surface area (Å²) >= 11 is 0. The van der Waals surface area contributed by atoms with Crippen LogP contribution in [0.25, 0.3) is 0 Å². The fourth-order valence-corrected chi connectivity index (χ4v) is 1.78. The molecule has 0 aliphatic heterocycles. The van der Waals surface area contributed by atoms with Gasteiger partial charge in [-0.05, 0) is 18.4 Å². The highest BCUT2D eigenvalue weighted by molar-refractivity contribution is 6.01. The van der Waals surface area contributed by atoms with Gasteiger partial charge in [0.25, 0.3) is 0 Å². The van der Waals surface area contributed by atoms with Gasteiger partial charge in [0, 0.05) is 5.56 Å². The van der Waals surface area contributed by atoms with Crippen molar-refractivity contribution in [3.63, 3.8) is 0 Å². The van der Waals surface area contributed by atoms with E-state index in [0.717, 1.165) is 25.7 Å². The van der Waals surface area contributed by atoms with E-state index < -0.39 is 47.2 Å². The van der Waals surface area contributed by atoms with Crippen LogP contribution in [-0.2, 0) is 4.74 Å². The Kier molecular flexibility index (Phi) is 4.55. The Morgan fingerprint density at radius 3 is 2.50 bits per heavy atom. The van der Waals surface area contributed by atoms with Crippen LogP contribution in [0.2, 0.25) is 0 Å². The van der Waals surface area contributed by atoms with Crippen molar-refractivity contribution in [3.05, 3.63) is 35.3 Å². The first-order valence-electron chi connectivity index (χ1n) is 8.74. The van der Waals surface area contributed by atoms with Crippen LogP contribution in [0.4, 0.5) is 0 Å². The molecule has 1 rings (SSSR count). The van der Waals surface area contributed by atoms with E-state index in [1.807, 2.05) is 13.8 Å². The van der Waals surface area contributed by atoms with Crippen molar-refractivity contribution in [2.24, 2.45) is 5.92 Å². The number of rotatable bonds is 8. The summed E-state index contributed by atoms with van der Waals surface area (Å²) in [5.41, 5.74) is -1.56. The summed E-state index contributed by atoms with van der Waals surface area (Å²) in [5, 5.41) is 11.2. The Balaban J connectivity index is 3.12. The number of ether oxygens (including phenoxy) is 1. The second kappa shape index (κ2) is 8.35. The van der Waals surface area contributed by atoms with Crippen LogP contribution in [-0.4, -0.2) is 18.5 Å². The molecule has 20 heavy (non-hydrogen) atoms. The van der Waals surface area contributed by atoms with Crippen molar-refractivity contribution in [3.8, 4) is 0 Å². The third-order valence-electron chi connectivity index (χ3n) is 3.09. The minimum absolute atomic E-state index is 0.0740. The highest BCUT2D eigenvalue weighted by Crippen LogP contribution is 2.15. The monoisotopic (exact) mass is 281 g/mol. The lowest BCUT2D eigenvalue weighted by Gasteiger charge is -2.15. The van der Waals surface area contributed by atoms with Crippen LogP contribution < -0.4 is 5.11 Å². The average Bonchev–Trinajstić information content (AvgIpc) is 2.55. The number of hydrogen-bond donors (Lipinski definition) is 0. The second-order valence-electron chi connectivity index (χ2n) is 4.55. The van der Waals surface area contributed by atoms with E-state index in [9.17, 15) is 14.7 Å². The van der Waals surface area contributed by atoms with E-state index in [2.05, 4.69) is 0 Å². The Bertz CT molecular complexity index is 631. The summed E-state index contributed by atoms with van der Waals surface area (Å²) in [5.74, 6) is -2.79. The smallest absolute Gasteiger partial charge is 0.338 e. The van der Waals surface area contributed by atoms with Gasteiger partial charge in [-0.1, -0.05) is 51.2 Å². The number of hydrogen-bond acceptors (Lipinski definition) is 4. The number of esters is 1. The van der Waals surface area contributed by atoms with Gasteiger partial charge in [-0.2, -0.15) is 0 Å². The van der Waals surface area contributed by atoms with Crippen molar-refractivity contribution in [2.45, 2.75) is 39.5 Å². The maximum atomic E-state index is 12.2. The van der Waals surface area contributed by atoms with Gasteiger partial charge in [0.1, 0.15) is 0 Å². The first-order valence-corrected chi connectivity index (χ1v) is 6.74. The van der Waals surface area contributed by atoms with Crippen LogP contribution in [0.15, 0.2) is 24.2 Å². The number of carboxylic acid groups (broad SMARTS) is 1. The van der Waals surface area contributed by atoms with Gasteiger partial charge in [0.2, 0.25) is 0 Å². The van der Waals surface area contributed by atoms with Crippen LogP contribution in [0.3, 0.4) is 0 Å². The second-order valence-corrected chi connectivity index (χ2v) is 4.55. The molecule has 1 aromatic rings. The number of benzene rings is 1. The standard InChI is InChI=1S/C16H22O4/c1-3-5-8-12(4-2)11-20-16(19)14-10-7-6-9-13(14)15(17)18/h6-7,9-10,12H,3-5,8,11H2,1-2H3,(H,17,18)/p-1/i6D,7D,9D,10D. The maximum absolute atomic E-state index is 12.2. The highest BCUT2D eigenvalue weighted by atomic mass is 16.5. The zero-order valence-electron chi connectivity index (χ0n) is 15.7. The van der Waals surface area contributed by atoms with Gasteiger partial charge >= 0.3 is 5.97 Å². The molecule has 0 amide bonds. The van der Waals surface area contributed by atoms with Crippen molar-refractivity contribution in [1.29, 1.82) is 0 Å². The summed E-state index contributed by atoms with van der Waals surface area (Å²) in [6.07, 6.45) is 3.63. The minimum atomic E-state index is -1.84. The normalized spacial score (nSPS) is 14.7. The molecule has 0 aliphatic rings. The fourth-order valence-electron chi connectivity index (χ4n) is 1.78. The Hall–Kier alpha value is -1.84. The number of carbonyl (C=O) groups excluding carboxylic acids is 2. The predicted octanol–water partition coefficient (Wildman–Crippen LogP) is 2.42. The van der Waals surface area contributed by atoms with Crippen LogP contribution in [0.1, 0.15) is 65.7 Å². The molecule has 0 bridgehead atoms. The molecule has 4 heteroatoms. The van der Waals surface area contributed by atoms with Crippen molar-refractivity contribution in [2.75, 3.05) is 6.61 Å². The van der Waals surface area contributed by atoms with Crippen LogP contribution in [0, 0.1) is 5.92 Å². The van der Waals surface area contributed by atoms with E-state index in [-0.39, 0.29) is 12.5 Å². The van der Waals surface area contributed by atoms with Gasteiger partial charge < -0.3 is 14.6 Å². The van der Waals surface area contributed by atoms with E-state index in [0.29, 0.717) is 0 Å². The molecule has 0 saturated heterocycles. The SMILES string of the molecule is [2H]c1c([2H])c([2H])c(C(=O)OCC(CC)CCCC)c(C(=O)[O-])c1[2H]. The van der Waals surface area contributed by atoms with Crippen LogP contribution in [0.5, 0.6) is 0 Å². The molecule has 0 fully saturated rings. The number of aromatic carboxylic acids is 1. The zero-order valence-corrected chi connectivity index (χ0v) is 11.7. The Labute approximate surface area is 125 Å². The van der Waals surface area contributed by atoms with Gasteiger partial charge in [0.15, 0.2) is 0 Å². The third-order valence-corrected chi connectivity index (χ3v) is 3.09. The fraction of sp³-hybridized carbons (Fsp3) is 0.500. The summed E-state index contributed by atoms with van der Waals surface area (Å²) in [6, 6.07) is -2.97. The third kappa shape index (κ3) is 4.68. The molecule has 0 saturated carbocycles. The largest absolute Gasteiger partial charge is 0.545 e. The molecule has 0 N–H and O–H groups in total. The minimum Gasteiger partial charge on any atom is -0.545 e. The Morgan fingerprint density at radius 1 is 1.30 bits per heavy atom. The molecule has 110 valence electrons. The topological polar surface area (TPSA) is 66.4 Å². The Morgan fingerprint density at radius 2 is 1.95 bits per heavy atom. The summed E-state index contributed by atoms with van der Waals surface area (Å²) < 4.78 is 35.6. The quantitative estimate of drug-likeness (QED) is 0.686. The molecule has 0 heterocycles. The molecule has 1 aromatic carbocycles. The summed E-state index contributed by atoms with van der Waals surface area (Å²) in [7, 11) is 0. The summed E-state index contributed by atoms with van der Waals surface area (Å²) in [6.45, 7) is 4.07. The van der Waals surface area contributed by atoms with Crippen LogP contribution >= 0.6 is 0 Å². The molecule has 1 atom stereocenters. The van der Waals surface area contributed by atoms with E-state index in [4.69, 9.17) is 10.2 Å². The average molecular weight is 281 g/mol. The van der Waals surface area contributed by atoms with Crippen molar-refractivity contribution in [1.82, 2.24) is 0 Å². The van der Waals surface area contributed by atoms with E-state index in [1.54, 1.807) is 0 Å². The van der Waals surface area contributed by atoms with Gasteiger partial charge in [-0.15, -0.1) is 0 Å². The molecule has 1 unspecified atom stereocenters. The first kappa shape index (κ1) is 10.9. The van der Waals surface area contributed by atoms with E-state index >= 15 is 0 Å². The zero-order chi connectivity index (χ0) is 18.4. The molecule has 4 nitrogen and oxygen atoms in total. The van der Waals surface area contributed by atoms with Gasteiger partial charge in [-0.3, -0.25) is 0 Å². The number of carboxylic acids is 1. The molecule has 0 spiro atoms. The lowest BCUT2D eigenvalue weighted by atomic mass is 10.0. The lowest BCUT2D eigenvalue weighted by Crippen LogP contribution is -2.25. The molecular weight excluding hydrogens is 256 g/mol. The van der Waals surface area contributed by atoms with Gasteiger partial charge in [0.05, 0.1) is 23.6 Å². The first-order chi connectivity index (χ1) is 11.3. The van der Waals surface area contributed by atoms with Gasteiger partial charge in [-0.25, -0.2) is 4.79 Å². The lowest BCUT2D eigenvalue weighted by molar-refractivity contribution is -0.255. The molecular formula is C16H21O4-. The highest BCUT2D eigenvalue weighted by Gasteiger charge is 2.15. The summed E-state index contributed by atoms with van der Waals surface area (Å²) in [4.78, 5) is 23.5. The number of unbranched alkanes of at least 4 members (excludes halogenated alkanes) is 1. The maximum Gasteiger partial charge on any atom is 0.338 e. The van der Waals surface area contributed by atoms with Crippen molar-refractivity contribution >= 4 is 11.9 Å². The van der Waals surface area contributed by atoms with Crippen molar-refractivity contribution < 1.29 is 24.9 Å². The molecule has 0 radical (unpaired) electrons. The molecule has 0 aromatic heterocycles. The number of carbonyl (C=O) groups is 2. The van der Waals surface area contributed by atoms with E-state index in [1.165, 1.54) is 0 Å².